The molecule has 116 valence electrons. The van der Waals surface area contributed by atoms with E-state index in [4.69, 9.17) is 10.5 Å². The van der Waals surface area contributed by atoms with Crippen molar-refractivity contribution in [2.24, 2.45) is 11.7 Å². The molecule has 1 amide bonds. The first-order valence-electron chi connectivity index (χ1n) is 7.95. The lowest BCUT2D eigenvalue weighted by molar-refractivity contribution is 0.130. The standard InChI is InChI=1S/C17H26N2O2/c18-11-5-9-14-8-4-10-16(12-14)19-17(20)21-13-15-6-2-1-3-7-15/h1-3,6-7,14,16H,4-5,8-13,18H2,(H,19,20). The summed E-state index contributed by atoms with van der Waals surface area (Å²) in [5.74, 6) is 0.696. The van der Waals surface area contributed by atoms with Crippen molar-refractivity contribution in [2.75, 3.05) is 6.54 Å². The van der Waals surface area contributed by atoms with Crippen molar-refractivity contribution in [1.82, 2.24) is 5.32 Å². The minimum atomic E-state index is -0.302. The van der Waals surface area contributed by atoms with Gasteiger partial charge in [-0.2, -0.15) is 0 Å². The van der Waals surface area contributed by atoms with E-state index in [1.807, 2.05) is 30.3 Å². The van der Waals surface area contributed by atoms with E-state index >= 15 is 0 Å². The van der Waals surface area contributed by atoms with Gasteiger partial charge in [-0.1, -0.05) is 43.2 Å². The van der Waals surface area contributed by atoms with Crippen LogP contribution in [0, 0.1) is 5.92 Å². The fourth-order valence-electron chi connectivity index (χ4n) is 3.02. The second kappa shape index (κ2) is 8.67. The van der Waals surface area contributed by atoms with Gasteiger partial charge in [-0.25, -0.2) is 4.79 Å². The third-order valence-corrected chi connectivity index (χ3v) is 4.13. The van der Waals surface area contributed by atoms with Gasteiger partial charge < -0.3 is 15.8 Å². The SMILES string of the molecule is NCCCC1CCCC(NC(=O)OCc2ccccc2)C1. The maximum Gasteiger partial charge on any atom is 0.407 e. The van der Waals surface area contributed by atoms with Crippen molar-refractivity contribution in [3.05, 3.63) is 35.9 Å². The topological polar surface area (TPSA) is 64.3 Å². The predicted octanol–water partition coefficient (Wildman–Crippen LogP) is 3.21. The van der Waals surface area contributed by atoms with E-state index in [-0.39, 0.29) is 12.1 Å². The van der Waals surface area contributed by atoms with Crippen LogP contribution in [0.4, 0.5) is 4.79 Å². The van der Waals surface area contributed by atoms with Crippen LogP contribution in [-0.4, -0.2) is 18.7 Å². The van der Waals surface area contributed by atoms with E-state index in [1.165, 1.54) is 19.3 Å². The predicted molar refractivity (Wildman–Crippen MR) is 83.8 cm³/mol. The molecule has 0 heterocycles. The zero-order valence-electron chi connectivity index (χ0n) is 12.6. The number of nitrogens with one attached hydrogen (secondary N) is 1. The molecule has 0 spiro atoms. The van der Waals surface area contributed by atoms with Crippen LogP contribution in [0.25, 0.3) is 0 Å². The largest absolute Gasteiger partial charge is 0.445 e. The Hall–Kier alpha value is -1.55. The lowest BCUT2D eigenvalue weighted by atomic mass is 9.83. The number of rotatable bonds is 6. The van der Waals surface area contributed by atoms with Crippen LogP contribution < -0.4 is 11.1 Å². The van der Waals surface area contributed by atoms with E-state index in [0.717, 1.165) is 31.4 Å². The number of alkyl carbamates (subject to hydrolysis) is 1. The minimum Gasteiger partial charge on any atom is -0.445 e. The van der Waals surface area contributed by atoms with Crippen molar-refractivity contribution in [3.63, 3.8) is 0 Å². The molecule has 1 aromatic rings. The third-order valence-electron chi connectivity index (χ3n) is 4.13. The normalized spacial score (nSPS) is 21.8. The van der Waals surface area contributed by atoms with Gasteiger partial charge in [-0.3, -0.25) is 0 Å². The highest BCUT2D eigenvalue weighted by Crippen LogP contribution is 2.27. The number of hydrogen-bond acceptors (Lipinski definition) is 3. The van der Waals surface area contributed by atoms with Crippen molar-refractivity contribution >= 4 is 6.09 Å². The molecule has 0 bridgehead atoms. The van der Waals surface area contributed by atoms with Gasteiger partial charge in [-0.15, -0.1) is 0 Å². The Kier molecular flexibility index (Phi) is 6.54. The Labute approximate surface area is 127 Å². The summed E-state index contributed by atoms with van der Waals surface area (Å²) in [5, 5.41) is 3.00. The fourth-order valence-corrected chi connectivity index (χ4v) is 3.02. The second-order valence-corrected chi connectivity index (χ2v) is 5.87. The molecule has 1 fully saturated rings. The maximum atomic E-state index is 11.9. The number of carbonyl (C=O) groups is 1. The summed E-state index contributed by atoms with van der Waals surface area (Å²) in [6, 6.07) is 10.0. The third kappa shape index (κ3) is 5.76. The molecule has 2 atom stereocenters. The van der Waals surface area contributed by atoms with Gasteiger partial charge in [0.2, 0.25) is 0 Å². The van der Waals surface area contributed by atoms with Gasteiger partial charge in [0, 0.05) is 6.04 Å². The first-order chi connectivity index (χ1) is 10.3. The number of benzene rings is 1. The molecule has 1 aliphatic carbocycles. The van der Waals surface area contributed by atoms with Crippen LogP contribution in [-0.2, 0) is 11.3 Å². The number of carbonyl (C=O) groups excluding carboxylic acids is 1. The average Bonchev–Trinajstić information content (AvgIpc) is 2.52. The van der Waals surface area contributed by atoms with Gasteiger partial charge in [0.25, 0.3) is 0 Å². The zero-order chi connectivity index (χ0) is 14.9. The summed E-state index contributed by atoms with van der Waals surface area (Å²) < 4.78 is 5.28. The van der Waals surface area contributed by atoms with E-state index < -0.39 is 0 Å². The highest BCUT2D eigenvalue weighted by atomic mass is 16.5. The van der Waals surface area contributed by atoms with Crippen molar-refractivity contribution in [1.29, 1.82) is 0 Å². The molecule has 3 N–H and O–H groups in total. The maximum absolute atomic E-state index is 11.9. The van der Waals surface area contributed by atoms with E-state index in [0.29, 0.717) is 12.5 Å². The summed E-state index contributed by atoms with van der Waals surface area (Å²) in [5.41, 5.74) is 6.58. The van der Waals surface area contributed by atoms with Gasteiger partial charge in [0.05, 0.1) is 0 Å². The highest BCUT2D eigenvalue weighted by Gasteiger charge is 2.23. The Balaban J connectivity index is 1.69. The van der Waals surface area contributed by atoms with Gasteiger partial charge in [0.1, 0.15) is 6.61 Å². The summed E-state index contributed by atoms with van der Waals surface area (Å²) in [6.07, 6.45) is 6.50. The molecule has 4 heteroatoms. The van der Waals surface area contributed by atoms with Crippen LogP contribution in [0.2, 0.25) is 0 Å². The Morgan fingerprint density at radius 2 is 2.10 bits per heavy atom. The molecule has 2 rings (SSSR count). The Bertz CT molecular complexity index is 422. The van der Waals surface area contributed by atoms with Crippen LogP contribution in [0.3, 0.4) is 0 Å². The lowest BCUT2D eigenvalue weighted by Crippen LogP contribution is -2.38. The molecular formula is C17H26N2O2. The van der Waals surface area contributed by atoms with Gasteiger partial charge in [-0.05, 0) is 43.7 Å². The number of nitrogens with two attached hydrogens (primary N) is 1. The molecule has 1 aromatic carbocycles. The molecule has 4 nitrogen and oxygen atoms in total. The van der Waals surface area contributed by atoms with Crippen molar-refractivity contribution in [3.8, 4) is 0 Å². The molecule has 1 aliphatic rings. The molecule has 21 heavy (non-hydrogen) atoms. The van der Waals surface area contributed by atoms with Crippen molar-refractivity contribution < 1.29 is 9.53 Å². The lowest BCUT2D eigenvalue weighted by Gasteiger charge is -2.29. The summed E-state index contributed by atoms with van der Waals surface area (Å²) in [4.78, 5) is 11.9. The van der Waals surface area contributed by atoms with Crippen molar-refractivity contribution in [2.45, 2.75) is 51.2 Å². The molecule has 2 unspecified atom stereocenters. The average molecular weight is 290 g/mol. The van der Waals surface area contributed by atoms with Crippen LogP contribution in [0.15, 0.2) is 30.3 Å². The second-order valence-electron chi connectivity index (χ2n) is 5.87. The summed E-state index contributed by atoms with van der Waals surface area (Å²) in [7, 11) is 0. The van der Waals surface area contributed by atoms with Gasteiger partial charge >= 0.3 is 6.09 Å². The molecule has 0 radical (unpaired) electrons. The van der Waals surface area contributed by atoms with Crippen LogP contribution in [0.5, 0.6) is 0 Å². The first kappa shape index (κ1) is 15.8. The van der Waals surface area contributed by atoms with E-state index in [2.05, 4.69) is 5.32 Å². The summed E-state index contributed by atoms with van der Waals surface area (Å²) in [6.45, 7) is 1.09. The Morgan fingerprint density at radius 3 is 2.86 bits per heavy atom. The number of ether oxygens (including phenoxy) is 1. The molecule has 0 aromatic heterocycles. The first-order valence-corrected chi connectivity index (χ1v) is 7.95. The number of hydrogen-bond donors (Lipinski definition) is 2. The zero-order valence-corrected chi connectivity index (χ0v) is 12.6. The molecular weight excluding hydrogens is 264 g/mol. The highest BCUT2D eigenvalue weighted by molar-refractivity contribution is 5.67. The van der Waals surface area contributed by atoms with E-state index in [9.17, 15) is 4.79 Å². The monoisotopic (exact) mass is 290 g/mol. The van der Waals surface area contributed by atoms with E-state index in [1.54, 1.807) is 0 Å². The molecule has 0 aliphatic heterocycles. The smallest absolute Gasteiger partial charge is 0.407 e. The molecule has 1 saturated carbocycles. The van der Waals surface area contributed by atoms with Gasteiger partial charge in [0.15, 0.2) is 0 Å². The van der Waals surface area contributed by atoms with Crippen LogP contribution >= 0.6 is 0 Å². The fraction of sp³-hybridized carbons (Fsp3) is 0.588. The van der Waals surface area contributed by atoms with Crippen LogP contribution in [0.1, 0.15) is 44.1 Å². The quantitative estimate of drug-likeness (QED) is 0.845. The number of amides is 1. The summed E-state index contributed by atoms with van der Waals surface area (Å²) >= 11 is 0. The minimum absolute atomic E-state index is 0.254. The molecule has 0 saturated heterocycles. The Morgan fingerprint density at radius 1 is 1.29 bits per heavy atom.